The van der Waals surface area contributed by atoms with Crippen LogP contribution in [0.4, 0.5) is 8.78 Å². The lowest BCUT2D eigenvalue weighted by molar-refractivity contribution is -0.230. The van der Waals surface area contributed by atoms with Crippen LogP contribution in [0.5, 0.6) is 0 Å². The fraction of sp³-hybridized carbons (Fsp3) is 0.731. The van der Waals surface area contributed by atoms with Crippen molar-refractivity contribution in [1.29, 1.82) is 0 Å². The van der Waals surface area contributed by atoms with Crippen molar-refractivity contribution in [2.45, 2.75) is 75.9 Å². The quantitative estimate of drug-likeness (QED) is 0.290. The second-order valence-electron chi connectivity index (χ2n) is 11.5. The van der Waals surface area contributed by atoms with E-state index in [1.165, 1.54) is 19.9 Å². The maximum Gasteiger partial charge on any atom is 0.306 e. The second-order valence-corrected chi connectivity index (χ2v) is 13.7. The van der Waals surface area contributed by atoms with Crippen LogP contribution >= 0.6 is 11.6 Å². The van der Waals surface area contributed by atoms with E-state index in [9.17, 15) is 27.9 Å². The molecule has 0 heterocycles. The standard InChI is InChI=1S/C26H33ClF2O8S/c1-6-19(33)37-26(18(32)12-36-38(5,34)35)13(2)9-15-20-21(27)22(28)16-10-14(30)7-8-23(16,3)25(20,29)17(31)11-24(15,26)4/h7-8,10,13,15,17,20-22,31H,6,9,11-12H2,1-5H3/t13?,15-,17?,20+,21?,22?,23-,24-,25+,26-/m0/s1. The van der Waals surface area contributed by atoms with Crippen molar-refractivity contribution in [2.24, 2.45) is 28.6 Å². The zero-order chi connectivity index (χ0) is 28.6. The normalized spacial score (nSPS) is 46.0. The fourth-order valence-corrected chi connectivity index (χ4v) is 8.67. The molecule has 3 fully saturated rings. The molecule has 12 heteroatoms. The first-order valence-corrected chi connectivity index (χ1v) is 14.9. The summed E-state index contributed by atoms with van der Waals surface area (Å²) < 4.78 is 67.3. The highest BCUT2D eigenvalue weighted by Crippen LogP contribution is 2.72. The van der Waals surface area contributed by atoms with Crippen LogP contribution in [0.2, 0.25) is 0 Å². The molecule has 0 bridgehead atoms. The number of carbonyl (C=O) groups is 3. The highest BCUT2D eigenvalue weighted by molar-refractivity contribution is 7.86. The Hall–Kier alpha value is -1.69. The molecule has 0 aromatic heterocycles. The van der Waals surface area contributed by atoms with Crippen LogP contribution in [-0.4, -0.2) is 72.8 Å². The number of ketones is 2. The van der Waals surface area contributed by atoms with Gasteiger partial charge >= 0.3 is 5.97 Å². The van der Waals surface area contributed by atoms with Crippen molar-refractivity contribution in [2.75, 3.05) is 12.9 Å². The number of hydrogen-bond acceptors (Lipinski definition) is 8. The molecule has 1 N–H and O–H groups in total. The topological polar surface area (TPSA) is 124 Å². The Morgan fingerprint density at radius 1 is 1.29 bits per heavy atom. The maximum absolute atomic E-state index is 17.5. The van der Waals surface area contributed by atoms with Crippen LogP contribution < -0.4 is 0 Å². The number of aliphatic hydroxyl groups excluding tert-OH is 1. The van der Waals surface area contributed by atoms with E-state index in [4.69, 9.17) is 20.5 Å². The van der Waals surface area contributed by atoms with Crippen molar-refractivity contribution in [3.63, 3.8) is 0 Å². The summed E-state index contributed by atoms with van der Waals surface area (Å²) in [6.07, 6.45) is 0.0719. The molecule has 0 aliphatic heterocycles. The van der Waals surface area contributed by atoms with Gasteiger partial charge in [-0.25, -0.2) is 8.78 Å². The number of rotatable bonds is 6. The molecular weight excluding hydrogens is 546 g/mol. The van der Waals surface area contributed by atoms with E-state index in [0.29, 0.717) is 0 Å². The lowest BCUT2D eigenvalue weighted by Gasteiger charge is -2.64. The first-order valence-electron chi connectivity index (χ1n) is 12.6. The number of ether oxygens (including phenoxy) is 1. The van der Waals surface area contributed by atoms with Crippen molar-refractivity contribution < 1.29 is 45.6 Å². The number of aliphatic hydroxyl groups is 1. The SMILES string of the molecule is CCC(=O)O[C@]1(C(=O)COS(C)(=O)=O)C(C)C[C@H]2[C@@H]3C(Cl)C(F)C4=CC(=O)C=C[C@]4(C)[C@@]3(F)C(O)C[C@@]21C. The molecule has 4 aliphatic carbocycles. The van der Waals surface area contributed by atoms with Crippen LogP contribution in [0.25, 0.3) is 0 Å². The molecule has 38 heavy (non-hydrogen) atoms. The molecule has 4 aliphatic rings. The van der Waals surface area contributed by atoms with Crippen LogP contribution in [0.15, 0.2) is 23.8 Å². The molecular formula is C26H33ClF2O8S. The van der Waals surface area contributed by atoms with E-state index in [2.05, 4.69) is 0 Å². The van der Waals surface area contributed by atoms with Gasteiger partial charge in [0, 0.05) is 29.1 Å². The number of allylic oxidation sites excluding steroid dienone is 4. The van der Waals surface area contributed by atoms with E-state index in [-0.39, 0.29) is 24.8 Å². The minimum absolute atomic E-state index is 0.0783. The predicted octanol–water partition coefficient (Wildman–Crippen LogP) is 3.01. The Balaban J connectivity index is 1.89. The van der Waals surface area contributed by atoms with Gasteiger partial charge in [0.1, 0.15) is 12.8 Å². The molecule has 0 saturated heterocycles. The molecule has 0 spiro atoms. The highest BCUT2D eigenvalue weighted by atomic mass is 35.5. The molecule has 4 unspecified atom stereocenters. The van der Waals surface area contributed by atoms with Gasteiger partial charge in [0.25, 0.3) is 10.1 Å². The smallest absolute Gasteiger partial charge is 0.306 e. The van der Waals surface area contributed by atoms with Crippen LogP contribution in [0.3, 0.4) is 0 Å². The third-order valence-corrected chi connectivity index (χ3v) is 10.6. The van der Waals surface area contributed by atoms with Gasteiger partial charge in [-0.15, -0.1) is 11.6 Å². The molecule has 8 nitrogen and oxygen atoms in total. The summed E-state index contributed by atoms with van der Waals surface area (Å²) in [7, 11) is -4.04. The summed E-state index contributed by atoms with van der Waals surface area (Å²) in [5, 5.41) is 10.0. The molecule has 0 radical (unpaired) electrons. The van der Waals surface area contributed by atoms with Crippen LogP contribution in [-0.2, 0) is 33.4 Å². The Morgan fingerprint density at radius 2 is 1.92 bits per heavy atom. The van der Waals surface area contributed by atoms with Gasteiger partial charge in [-0.2, -0.15) is 8.42 Å². The summed E-state index contributed by atoms with van der Waals surface area (Å²) in [6.45, 7) is 5.18. The van der Waals surface area contributed by atoms with E-state index >= 15 is 8.78 Å². The van der Waals surface area contributed by atoms with Gasteiger partial charge < -0.3 is 9.84 Å². The third-order valence-electron chi connectivity index (χ3n) is 9.57. The molecule has 0 aromatic carbocycles. The third kappa shape index (κ3) is 3.78. The number of hydrogen-bond donors (Lipinski definition) is 1. The fourth-order valence-electron chi connectivity index (χ4n) is 7.85. The van der Waals surface area contributed by atoms with Crippen molar-refractivity contribution in [1.82, 2.24) is 0 Å². The molecule has 4 rings (SSSR count). The van der Waals surface area contributed by atoms with Gasteiger partial charge in [0.05, 0.1) is 17.7 Å². The number of fused-ring (bicyclic) bond motifs is 5. The van der Waals surface area contributed by atoms with Gasteiger partial charge in [-0.1, -0.05) is 26.8 Å². The van der Waals surface area contributed by atoms with Crippen molar-refractivity contribution >= 4 is 39.3 Å². The molecule has 3 saturated carbocycles. The monoisotopic (exact) mass is 578 g/mol. The minimum Gasteiger partial charge on any atom is -0.450 e. The Bertz CT molecular complexity index is 1240. The van der Waals surface area contributed by atoms with Gasteiger partial charge in [0.15, 0.2) is 17.1 Å². The van der Waals surface area contributed by atoms with E-state index in [1.807, 2.05) is 0 Å². The van der Waals surface area contributed by atoms with Gasteiger partial charge in [-0.05, 0) is 43.4 Å². The van der Waals surface area contributed by atoms with E-state index in [0.717, 1.165) is 18.4 Å². The zero-order valence-electron chi connectivity index (χ0n) is 21.9. The number of esters is 1. The Labute approximate surface area is 225 Å². The maximum atomic E-state index is 17.5. The first kappa shape index (κ1) is 29.3. The van der Waals surface area contributed by atoms with E-state index in [1.54, 1.807) is 13.8 Å². The Morgan fingerprint density at radius 3 is 2.50 bits per heavy atom. The molecule has 212 valence electrons. The summed E-state index contributed by atoms with van der Waals surface area (Å²) in [4.78, 5) is 38.5. The van der Waals surface area contributed by atoms with Gasteiger partial charge in [0.2, 0.25) is 5.78 Å². The number of halogens is 3. The minimum atomic E-state index is -4.04. The van der Waals surface area contributed by atoms with Crippen LogP contribution in [0, 0.1) is 28.6 Å². The lowest BCUT2D eigenvalue weighted by Crippen LogP contribution is -2.73. The Kier molecular flexibility index (Phi) is 7.07. The van der Waals surface area contributed by atoms with E-state index < -0.39 is 91.8 Å². The summed E-state index contributed by atoms with van der Waals surface area (Å²) in [5.41, 5.74) is -7.82. The summed E-state index contributed by atoms with van der Waals surface area (Å²) in [5.74, 6) is -5.09. The second kappa shape index (κ2) is 9.17. The summed E-state index contributed by atoms with van der Waals surface area (Å²) >= 11 is 6.63. The molecule has 0 amide bonds. The first-order chi connectivity index (χ1) is 17.4. The molecule has 10 atom stereocenters. The highest BCUT2D eigenvalue weighted by Gasteiger charge is 2.79. The average Bonchev–Trinajstić information content (AvgIpc) is 3.04. The molecule has 0 aromatic rings. The van der Waals surface area contributed by atoms with Crippen molar-refractivity contribution in [3.8, 4) is 0 Å². The number of carbonyl (C=O) groups excluding carboxylic acids is 3. The average molecular weight is 579 g/mol. The van der Waals surface area contributed by atoms with Crippen molar-refractivity contribution in [3.05, 3.63) is 23.8 Å². The van der Waals surface area contributed by atoms with Crippen LogP contribution in [0.1, 0.15) is 47.0 Å². The lowest BCUT2D eigenvalue weighted by atomic mass is 9.44. The zero-order valence-corrected chi connectivity index (χ0v) is 23.4. The number of Topliss-reactive ketones (excluding diaryl/α,β-unsaturated/α-hetero) is 1. The summed E-state index contributed by atoms with van der Waals surface area (Å²) in [6, 6.07) is 0. The number of alkyl halides is 3. The van der Waals surface area contributed by atoms with Gasteiger partial charge in [-0.3, -0.25) is 18.6 Å². The predicted molar refractivity (Wildman–Crippen MR) is 133 cm³/mol. The largest absolute Gasteiger partial charge is 0.450 e.